The quantitative estimate of drug-likeness (QED) is 0.851. The Kier molecular flexibility index (Phi) is 2.81. The minimum atomic E-state index is -3.44. The molecule has 5 heteroatoms. The van der Waals surface area contributed by atoms with E-state index in [1.54, 1.807) is 12.1 Å². The Morgan fingerprint density at radius 1 is 1.17 bits per heavy atom. The third kappa shape index (κ3) is 2.38. The molecule has 1 saturated heterocycles. The number of hydrogen-bond donors (Lipinski definition) is 1. The third-order valence-corrected chi connectivity index (χ3v) is 4.36. The van der Waals surface area contributed by atoms with Gasteiger partial charge < -0.3 is 4.74 Å². The van der Waals surface area contributed by atoms with E-state index in [0.29, 0.717) is 18.0 Å². The van der Waals surface area contributed by atoms with Gasteiger partial charge in [0.1, 0.15) is 0 Å². The second-order valence-electron chi connectivity index (χ2n) is 4.32. The van der Waals surface area contributed by atoms with E-state index in [9.17, 15) is 8.42 Å². The van der Waals surface area contributed by atoms with Crippen LogP contribution in [0.15, 0.2) is 47.4 Å². The molecule has 94 valence electrons. The van der Waals surface area contributed by atoms with Gasteiger partial charge in [0.05, 0.1) is 17.6 Å². The number of ether oxygens (including phenoxy) is 1. The van der Waals surface area contributed by atoms with E-state index in [4.69, 9.17) is 4.74 Å². The summed E-state index contributed by atoms with van der Waals surface area (Å²) >= 11 is 0. The summed E-state index contributed by atoms with van der Waals surface area (Å²) in [6.45, 7) is 0.982. The van der Waals surface area contributed by atoms with E-state index in [0.717, 1.165) is 10.8 Å². The normalized spacial score (nSPS) is 19.0. The van der Waals surface area contributed by atoms with Gasteiger partial charge in [0, 0.05) is 6.54 Å². The average Bonchev–Trinajstić information content (AvgIpc) is 3.20. The maximum atomic E-state index is 12.0. The van der Waals surface area contributed by atoms with Crippen LogP contribution in [-0.4, -0.2) is 27.7 Å². The Morgan fingerprint density at radius 3 is 2.61 bits per heavy atom. The number of fused-ring (bicyclic) bond motifs is 1. The lowest BCUT2D eigenvalue weighted by Crippen LogP contribution is -2.27. The van der Waals surface area contributed by atoms with Crippen molar-refractivity contribution in [3.8, 4) is 0 Å². The summed E-state index contributed by atoms with van der Waals surface area (Å²) in [6, 6.07) is 12.8. The lowest BCUT2D eigenvalue weighted by Gasteiger charge is -2.06. The van der Waals surface area contributed by atoms with Crippen LogP contribution >= 0.6 is 0 Å². The molecule has 3 rings (SSSR count). The van der Waals surface area contributed by atoms with Gasteiger partial charge in [0.2, 0.25) is 10.0 Å². The fourth-order valence-corrected chi connectivity index (χ4v) is 2.91. The largest absolute Gasteiger partial charge is 0.372 e. The van der Waals surface area contributed by atoms with E-state index in [-0.39, 0.29) is 6.10 Å². The second kappa shape index (κ2) is 4.35. The van der Waals surface area contributed by atoms with Crippen LogP contribution in [-0.2, 0) is 14.8 Å². The van der Waals surface area contributed by atoms with Crippen LogP contribution in [0.1, 0.15) is 0 Å². The van der Waals surface area contributed by atoms with Gasteiger partial charge in [-0.15, -0.1) is 0 Å². The van der Waals surface area contributed by atoms with Gasteiger partial charge in [-0.1, -0.05) is 30.3 Å². The predicted octanol–water partition coefficient (Wildman–Crippen LogP) is 1.52. The Morgan fingerprint density at radius 2 is 1.89 bits per heavy atom. The molecule has 1 heterocycles. The van der Waals surface area contributed by atoms with E-state index in [2.05, 4.69) is 4.72 Å². The molecule has 0 amide bonds. The van der Waals surface area contributed by atoms with Gasteiger partial charge in [-0.3, -0.25) is 0 Å². The van der Waals surface area contributed by atoms with Gasteiger partial charge >= 0.3 is 0 Å². The average molecular weight is 263 g/mol. The van der Waals surface area contributed by atoms with Crippen molar-refractivity contribution in [2.45, 2.75) is 11.0 Å². The van der Waals surface area contributed by atoms with Crippen LogP contribution in [0.25, 0.3) is 10.8 Å². The van der Waals surface area contributed by atoms with Crippen molar-refractivity contribution in [1.82, 2.24) is 4.72 Å². The van der Waals surface area contributed by atoms with Crippen molar-refractivity contribution in [2.24, 2.45) is 0 Å². The first-order valence-corrected chi connectivity index (χ1v) is 7.23. The van der Waals surface area contributed by atoms with Crippen LogP contribution in [0, 0.1) is 0 Å². The highest BCUT2D eigenvalue weighted by Crippen LogP contribution is 2.19. The zero-order valence-corrected chi connectivity index (χ0v) is 10.5. The van der Waals surface area contributed by atoms with Gasteiger partial charge in [-0.25, -0.2) is 13.1 Å². The van der Waals surface area contributed by atoms with Crippen LogP contribution < -0.4 is 4.72 Å². The Bertz CT molecular complexity index is 677. The Labute approximate surface area is 106 Å². The van der Waals surface area contributed by atoms with Crippen molar-refractivity contribution in [3.05, 3.63) is 42.5 Å². The maximum absolute atomic E-state index is 12.0. The predicted molar refractivity (Wildman–Crippen MR) is 68.9 cm³/mol. The van der Waals surface area contributed by atoms with E-state index < -0.39 is 10.0 Å². The number of rotatable bonds is 4. The highest BCUT2D eigenvalue weighted by Gasteiger charge is 2.25. The molecule has 0 saturated carbocycles. The van der Waals surface area contributed by atoms with Crippen molar-refractivity contribution in [3.63, 3.8) is 0 Å². The smallest absolute Gasteiger partial charge is 0.240 e. The zero-order valence-electron chi connectivity index (χ0n) is 9.67. The first kappa shape index (κ1) is 11.6. The Hall–Kier alpha value is -1.43. The van der Waals surface area contributed by atoms with Crippen LogP contribution in [0.4, 0.5) is 0 Å². The zero-order chi connectivity index (χ0) is 12.6. The van der Waals surface area contributed by atoms with E-state index in [1.807, 2.05) is 30.3 Å². The first-order valence-electron chi connectivity index (χ1n) is 5.75. The molecule has 1 fully saturated rings. The number of epoxide rings is 1. The fraction of sp³-hybridized carbons (Fsp3) is 0.231. The summed E-state index contributed by atoms with van der Waals surface area (Å²) in [5.41, 5.74) is 0. The van der Waals surface area contributed by atoms with E-state index in [1.165, 1.54) is 0 Å². The summed E-state index contributed by atoms with van der Waals surface area (Å²) in [6.07, 6.45) is 0.0419. The van der Waals surface area contributed by atoms with Crippen LogP contribution in [0.5, 0.6) is 0 Å². The Balaban J connectivity index is 1.92. The topological polar surface area (TPSA) is 58.7 Å². The molecule has 0 bridgehead atoms. The lowest BCUT2D eigenvalue weighted by atomic mass is 10.1. The summed E-state index contributed by atoms with van der Waals surface area (Å²) in [5.74, 6) is 0. The van der Waals surface area contributed by atoms with Crippen molar-refractivity contribution in [2.75, 3.05) is 13.2 Å². The molecular formula is C13H13NO3S. The van der Waals surface area contributed by atoms with E-state index >= 15 is 0 Å². The van der Waals surface area contributed by atoms with Crippen molar-refractivity contribution < 1.29 is 13.2 Å². The molecule has 2 aromatic rings. The molecule has 1 atom stereocenters. The van der Waals surface area contributed by atoms with Gasteiger partial charge in [-0.2, -0.15) is 0 Å². The lowest BCUT2D eigenvalue weighted by molar-refractivity contribution is 0.406. The van der Waals surface area contributed by atoms with Crippen LogP contribution in [0.2, 0.25) is 0 Å². The molecule has 0 aliphatic carbocycles. The first-order chi connectivity index (χ1) is 8.65. The molecule has 2 aromatic carbocycles. The minimum absolute atomic E-state index is 0.0419. The molecule has 0 radical (unpaired) electrons. The molecule has 1 N–H and O–H groups in total. The molecule has 1 aliphatic rings. The standard InChI is InChI=1S/C13H13NO3S/c15-18(16,14-8-12-9-17-12)13-6-5-10-3-1-2-4-11(10)7-13/h1-7,12,14H,8-9H2. The number of hydrogen-bond acceptors (Lipinski definition) is 3. The van der Waals surface area contributed by atoms with Gasteiger partial charge in [-0.05, 0) is 22.9 Å². The fourth-order valence-electron chi connectivity index (χ4n) is 1.81. The summed E-state index contributed by atoms with van der Waals surface area (Å²) in [4.78, 5) is 0.293. The minimum Gasteiger partial charge on any atom is -0.372 e. The highest BCUT2D eigenvalue weighted by molar-refractivity contribution is 7.89. The molecule has 18 heavy (non-hydrogen) atoms. The highest BCUT2D eigenvalue weighted by atomic mass is 32.2. The van der Waals surface area contributed by atoms with Crippen LogP contribution in [0.3, 0.4) is 0 Å². The molecule has 1 aliphatic heterocycles. The monoisotopic (exact) mass is 263 g/mol. The summed E-state index contributed by atoms with van der Waals surface area (Å²) in [5, 5.41) is 1.95. The molecule has 4 nitrogen and oxygen atoms in total. The number of nitrogens with one attached hydrogen (secondary N) is 1. The molecule has 0 spiro atoms. The third-order valence-electron chi connectivity index (χ3n) is 2.93. The van der Waals surface area contributed by atoms with Crippen molar-refractivity contribution >= 4 is 20.8 Å². The van der Waals surface area contributed by atoms with Crippen molar-refractivity contribution in [1.29, 1.82) is 0 Å². The maximum Gasteiger partial charge on any atom is 0.240 e. The second-order valence-corrected chi connectivity index (χ2v) is 6.08. The molecule has 0 aromatic heterocycles. The van der Waals surface area contributed by atoms with Gasteiger partial charge in [0.25, 0.3) is 0 Å². The molecule has 1 unspecified atom stereocenters. The summed E-state index contributed by atoms with van der Waals surface area (Å²) in [7, 11) is -3.44. The molecular weight excluding hydrogens is 250 g/mol. The summed E-state index contributed by atoms with van der Waals surface area (Å²) < 4.78 is 31.6. The number of benzene rings is 2. The SMILES string of the molecule is O=S(=O)(NCC1CO1)c1ccc2ccccc2c1. The number of sulfonamides is 1. The van der Waals surface area contributed by atoms with Gasteiger partial charge in [0.15, 0.2) is 0 Å².